The molecule has 0 aliphatic rings. The van der Waals surface area contributed by atoms with Gasteiger partial charge in [0.25, 0.3) is 0 Å². The van der Waals surface area contributed by atoms with Crippen LogP contribution in [0.25, 0.3) is 0 Å². The molecule has 0 aromatic carbocycles. The Kier molecular flexibility index (Phi) is 40.7. The summed E-state index contributed by atoms with van der Waals surface area (Å²) < 4.78 is 5.42. The summed E-state index contributed by atoms with van der Waals surface area (Å²) in [6, 6.07) is -0.582. The molecule has 0 fully saturated rings. The standard InChI is InChI=1S/C46H87NO5/c1-3-5-7-9-11-13-18-22-26-30-34-38-44(49)43(42-48)47-45(50)39-35-31-27-23-20-16-15-17-21-25-29-33-37-41-52-46(51)40-36-32-28-24-19-14-12-10-8-6-4-2/h16,20,27,31,43-44,48-49H,3-15,17-19,21-26,28-30,32-42H2,1-2H3,(H,47,50)/b20-16-,31-27-. The number of rotatable bonds is 41. The number of amides is 1. The number of nitrogens with one attached hydrogen (secondary N) is 1. The largest absolute Gasteiger partial charge is 0.466 e. The Morgan fingerprint density at radius 1 is 0.538 bits per heavy atom. The molecule has 0 aliphatic heterocycles. The molecule has 0 saturated heterocycles. The van der Waals surface area contributed by atoms with Crippen molar-refractivity contribution in [3.05, 3.63) is 24.3 Å². The third-order valence-electron chi connectivity index (χ3n) is 10.3. The normalized spacial score (nSPS) is 12.9. The molecule has 0 saturated carbocycles. The van der Waals surface area contributed by atoms with Gasteiger partial charge in [0.05, 0.1) is 25.4 Å². The average Bonchev–Trinajstić information content (AvgIpc) is 3.14. The zero-order chi connectivity index (χ0) is 38.0. The van der Waals surface area contributed by atoms with Crippen molar-refractivity contribution >= 4 is 11.9 Å². The fourth-order valence-electron chi connectivity index (χ4n) is 6.75. The molecule has 2 atom stereocenters. The quantitative estimate of drug-likeness (QED) is 0.0330. The first-order valence-corrected chi connectivity index (χ1v) is 22.6. The van der Waals surface area contributed by atoms with Crippen molar-refractivity contribution in [3.8, 4) is 0 Å². The van der Waals surface area contributed by atoms with Crippen molar-refractivity contribution in [1.29, 1.82) is 0 Å². The van der Waals surface area contributed by atoms with Gasteiger partial charge in [-0.3, -0.25) is 9.59 Å². The summed E-state index contributed by atoms with van der Waals surface area (Å²) in [7, 11) is 0. The SMILES string of the molecule is CCCCCCCCCCCCCC(=O)OCCCCCCCC/C=C\C/C=C\CCC(=O)NC(CO)C(O)CCCCCCCCCCCCC. The van der Waals surface area contributed by atoms with E-state index in [1.54, 1.807) is 0 Å². The maximum atomic E-state index is 12.3. The molecule has 0 rings (SSSR count). The minimum Gasteiger partial charge on any atom is -0.466 e. The summed E-state index contributed by atoms with van der Waals surface area (Å²) in [5.74, 6) is -0.136. The van der Waals surface area contributed by atoms with Gasteiger partial charge in [0.15, 0.2) is 0 Å². The molecule has 6 heteroatoms. The zero-order valence-corrected chi connectivity index (χ0v) is 34.5. The van der Waals surface area contributed by atoms with Crippen LogP contribution in [0.5, 0.6) is 0 Å². The van der Waals surface area contributed by atoms with Crippen LogP contribution in [-0.4, -0.2) is 47.4 Å². The van der Waals surface area contributed by atoms with Crippen molar-refractivity contribution in [2.75, 3.05) is 13.2 Å². The van der Waals surface area contributed by atoms with Gasteiger partial charge >= 0.3 is 5.97 Å². The molecule has 0 spiro atoms. The van der Waals surface area contributed by atoms with Gasteiger partial charge in [-0.1, -0.05) is 199 Å². The lowest BCUT2D eigenvalue weighted by Gasteiger charge is -2.22. The molecular formula is C46H87NO5. The number of hydrogen-bond acceptors (Lipinski definition) is 5. The van der Waals surface area contributed by atoms with Crippen LogP contribution in [0.2, 0.25) is 0 Å². The number of hydrogen-bond donors (Lipinski definition) is 3. The summed E-state index contributed by atoms with van der Waals surface area (Å²) in [4.78, 5) is 24.3. The van der Waals surface area contributed by atoms with E-state index >= 15 is 0 Å². The van der Waals surface area contributed by atoms with Gasteiger partial charge in [-0.2, -0.15) is 0 Å². The third kappa shape index (κ3) is 38.1. The molecule has 3 N–H and O–H groups in total. The van der Waals surface area contributed by atoms with Crippen molar-refractivity contribution < 1.29 is 24.5 Å². The molecule has 0 aromatic heterocycles. The second kappa shape index (κ2) is 42.1. The fraction of sp³-hybridized carbons (Fsp3) is 0.870. The van der Waals surface area contributed by atoms with Gasteiger partial charge in [-0.05, 0) is 44.9 Å². The van der Waals surface area contributed by atoms with Gasteiger partial charge in [0.1, 0.15) is 0 Å². The van der Waals surface area contributed by atoms with E-state index in [2.05, 4.69) is 37.4 Å². The van der Waals surface area contributed by atoms with Crippen molar-refractivity contribution in [3.63, 3.8) is 0 Å². The minimum atomic E-state index is -0.696. The lowest BCUT2D eigenvalue weighted by Crippen LogP contribution is -2.45. The molecule has 0 bridgehead atoms. The van der Waals surface area contributed by atoms with Crippen LogP contribution in [0.1, 0.15) is 232 Å². The first-order chi connectivity index (χ1) is 25.5. The predicted molar refractivity (Wildman–Crippen MR) is 223 cm³/mol. The molecule has 0 aromatic rings. The van der Waals surface area contributed by atoms with E-state index in [0.29, 0.717) is 32.3 Å². The Labute approximate surface area is 322 Å². The molecule has 0 radical (unpaired) electrons. The molecule has 0 aliphatic carbocycles. The molecule has 6 nitrogen and oxygen atoms in total. The molecular weight excluding hydrogens is 647 g/mol. The van der Waals surface area contributed by atoms with Crippen molar-refractivity contribution in [2.24, 2.45) is 0 Å². The van der Waals surface area contributed by atoms with Crippen LogP contribution in [-0.2, 0) is 14.3 Å². The van der Waals surface area contributed by atoms with Gasteiger partial charge in [-0.25, -0.2) is 0 Å². The first-order valence-electron chi connectivity index (χ1n) is 22.6. The monoisotopic (exact) mass is 734 g/mol. The number of carbonyl (C=O) groups is 2. The summed E-state index contributed by atoms with van der Waals surface area (Å²) in [6.07, 6.45) is 47.2. The van der Waals surface area contributed by atoms with Crippen LogP contribution in [0.15, 0.2) is 24.3 Å². The molecule has 52 heavy (non-hydrogen) atoms. The minimum absolute atomic E-state index is 0.0182. The van der Waals surface area contributed by atoms with E-state index in [1.165, 1.54) is 141 Å². The van der Waals surface area contributed by atoms with Gasteiger partial charge in [-0.15, -0.1) is 0 Å². The van der Waals surface area contributed by atoms with E-state index < -0.39 is 12.1 Å². The van der Waals surface area contributed by atoms with Gasteiger partial charge in [0.2, 0.25) is 5.91 Å². The number of ether oxygens (including phenoxy) is 1. The van der Waals surface area contributed by atoms with E-state index in [4.69, 9.17) is 4.74 Å². The predicted octanol–water partition coefficient (Wildman–Crippen LogP) is 12.8. The van der Waals surface area contributed by atoms with E-state index in [9.17, 15) is 19.8 Å². The molecule has 1 amide bonds. The first kappa shape index (κ1) is 50.3. The number of aliphatic hydroxyl groups excluding tert-OH is 2. The Hall–Kier alpha value is -1.66. The van der Waals surface area contributed by atoms with Crippen LogP contribution in [0.4, 0.5) is 0 Å². The molecule has 0 heterocycles. The zero-order valence-electron chi connectivity index (χ0n) is 34.5. The number of carbonyl (C=O) groups excluding carboxylic acids is 2. The lowest BCUT2D eigenvalue weighted by atomic mass is 10.0. The Morgan fingerprint density at radius 3 is 1.50 bits per heavy atom. The highest BCUT2D eigenvalue weighted by molar-refractivity contribution is 5.76. The van der Waals surface area contributed by atoms with Crippen LogP contribution >= 0.6 is 0 Å². The van der Waals surface area contributed by atoms with Gasteiger partial charge in [0, 0.05) is 12.8 Å². The molecule has 2 unspecified atom stereocenters. The third-order valence-corrected chi connectivity index (χ3v) is 10.3. The Balaban J connectivity index is 3.57. The maximum absolute atomic E-state index is 12.3. The summed E-state index contributed by atoms with van der Waals surface area (Å²) >= 11 is 0. The van der Waals surface area contributed by atoms with Crippen LogP contribution in [0.3, 0.4) is 0 Å². The summed E-state index contributed by atoms with van der Waals surface area (Å²) in [5, 5.41) is 23.0. The highest BCUT2D eigenvalue weighted by Crippen LogP contribution is 2.15. The van der Waals surface area contributed by atoms with Crippen LogP contribution < -0.4 is 5.32 Å². The fourth-order valence-corrected chi connectivity index (χ4v) is 6.75. The topological polar surface area (TPSA) is 95.9 Å². The second-order valence-electron chi connectivity index (χ2n) is 15.4. The van der Waals surface area contributed by atoms with Crippen LogP contribution in [0, 0.1) is 0 Å². The number of allylic oxidation sites excluding steroid dienone is 4. The van der Waals surface area contributed by atoms with E-state index in [-0.39, 0.29) is 18.5 Å². The van der Waals surface area contributed by atoms with E-state index in [0.717, 1.165) is 51.4 Å². The Bertz CT molecular complexity index is 813. The molecule has 306 valence electrons. The average molecular weight is 734 g/mol. The maximum Gasteiger partial charge on any atom is 0.305 e. The number of unbranched alkanes of at least 4 members (excludes halogenated alkanes) is 26. The van der Waals surface area contributed by atoms with Crippen molar-refractivity contribution in [2.45, 2.75) is 244 Å². The lowest BCUT2D eigenvalue weighted by molar-refractivity contribution is -0.143. The van der Waals surface area contributed by atoms with Crippen molar-refractivity contribution in [1.82, 2.24) is 5.32 Å². The van der Waals surface area contributed by atoms with E-state index in [1.807, 2.05) is 6.08 Å². The number of esters is 1. The summed E-state index contributed by atoms with van der Waals surface area (Å²) in [6.45, 7) is 4.86. The summed E-state index contributed by atoms with van der Waals surface area (Å²) in [5.41, 5.74) is 0. The number of aliphatic hydroxyl groups is 2. The highest BCUT2D eigenvalue weighted by Gasteiger charge is 2.19. The smallest absolute Gasteiger partial charge is 0.305 e. The second-order valence-corrected chi connectivity index (χ2v) is 15.4. The Morgan fingerprint density at radius 2 is 0.981 bits per heavy atom. The van der Waals surface area contributed by atoms with Gasteiger partial charge < -0.3 is 20.3 Å². The highest BCUT2D eigenvalue weighted by atomic mass is 16.5.